The predicted molar refractivity (Wildman–Crippen MR) is 84.1 cm³/mol. The zero-order chi connectivity index (χ0) is 14.7. The number of para-hydroxylation sites is 1. The third-order valence-corrected chi connectivity index (χ3v) is 3.74. The van der Waals surface area contributed by atoms with Crippen molar-refractivity contribution in [1.82, 2.24) is 15.1 Å². The molecule has 2 heterocycles. The van der Waals surface area contributed by atoms with Crippen molar-refractivity contribution < 1.29 is 4.42 Å². The van der Waals surface area contributed by atoms with Crippen molar-refractivity contribution in [3.05, 3.63) is 54.1 Å². The van der Waals surface area contributed by atoms with Gasteiger partial charge in [0.2, 0.25) is 0 Å². The second-order valence-electron chi connectivity index (χ2n) is 5.35. The Kier molecular flexibility index (Phi) is 4.06. The molecule has 0 aliphatic carbocycles. The van der Waals surface area contributed by atoms with E-state index >= 15 is 0 Å². The van der Waals surface area contributed by atoms with Gasteiger partial charge in [-0.2, -0.15) is 5.10 Å². The van der Waals surface area contributed by atoms with Crippen LogP contribution in [0.15, 0.2) is 47.1 Å². The van der Waals surface area contributed by atoms with E-state index in [2.05, 4.69) is 48.1 Å². The maximum atomic E-state index is 5.39. The van der Waals surface area contributed by atoms with Crippen LogP contribution in [0.3, 0.4) is 0 Å². The maximum absolute atomic E-state index is 5.39. The molecule has 1 N–H and O–H groups in total. The summed E-state index contributed by atoms with van der Waals surface area (Å²) in [6.45, 7) is 5.95. The molecule has 2 aromatic heterocycles. The van der Waals surface area contributed by atoms with Gasteiger partial charge in [-0.15, -0.1) is 0 Å². The van der Waals surface area contributed by atoms with Gasteiger partial charge in [0.25, 0.3) is 0 Å². The summed E-state index contributed by atoms with van der Waals surface area (Å²) in [6.07, 6.45) is 2.61. The summed E-state index contributed by atoms with van der Waals surface area (Å²) in [6, 6.07) is 12.7. The second-order valence-corrected chi connectivity index (χ2v) is 5.35. The number of benzene rings is 1. The van der Waals surface area contributed by atoms with Gasteiger partial charge in [0.15, 0.2) is 0 Å². The van der Waals surface area contributed by atoms with Crippen molar-refractivity contribution in [2.45, 2.75) is 39.4 Å². The van der Waals surface area contributed by atoms with Crippen LogP contribution in [0.5, 0.6) is 0 Å². The summed E-state index contributed by atoms with van der Waals surface area (Å²) in [7, 11) is 0. The number of nitrogens with zero attached hydrogens (tertiary/aromatic N) is 2. The highest BCUT2D eigenvalue weighted by atomic mass is 16.3. The van der Waals surface area contributed by atoms with E-state index in [1.807, 2.05) is 12.1 Å². The molecular formula is C17H21N3O. The molecule has 3 aromatic rings. The number of nitrogens with one attached hydrogen (secondary N) is 1. The summed E-state index contributed by atoms with van der Waals surface area (Å²) < 4.78 is 7.45. The molecule has 4 nitrogen and oxygen atoms in total. The van der Waals surface area contributed by atoms with Gasteiger partial charge in [0, 0.05) is 30.9 Å². The first-order valence-electron chi connectivity index (χ1n) is 7.48. The van der Waals surface area contributed by atoms with Crippen molar-refractivity contribution >= 4 is 10.9 Å². The largest absolute Gasteiger partial charge is 0.469 e. The Bertz CT molecular complexity index is 700. The minimum absolute atomic E-state index is 0.349. The number of rotatable bonds is 6. The lowest BCUT2D eigenvalue weighted by Gasteiger charge is -2.11. The quantitative estimate of drug-likeness (QED) is 0.754. The second kappa shape index (κ2) is 6.14. The van der Waals surface area contributed by atoms with E-state index < -0.39 is 0 Å². The van der Waals surface area contributed by atoms with Crippen LogP contribution in [-0.2, 0) is 19.5 Å². The van der Waals surface area contributed by atoms with E-state index in [-0.39, 0.29) is 0 Å². The van der Waals surface area contributed by atoms with Crippen LogP contribution in [-0.4, -0.2) is 15.8 Å². The highest BCUT2D eigenvalue weighted by Crippen LogP contribution is 2.18. The topological polar surface area (TPSA) is 43.0 Å². The Labute approximate surface area is 124 Å². The third-order valence-electron chi connectivity index (χ3n) is 3.74. The fourth-order valence-electron chi connectivity index (χ4n) is 2.64. The average molecular weight is 283 g/mol. The molecule has 0 fully saturated rings. The minimum Gasteiger partial charge on any atom is -0.469 e. The van der Waals surface area contributed by atoms with Crippen molar-refractivity contribution in [2.75, 3.05) is 0 Å². The predicted octanol–water partition coefficient (Wildman–Crippen LogP) is 3.37. The molecule has 0 saturated heterocycles. The van der Waals surface area contributed by atoms with Gasteiger partial charge in [0.1, 0.15) is 5.76 Å². The standard InChI is InChI=1S/C17H21N3O/c1-3-20-17-9-5-4-8-15(17)16(19-20)12-18-13(2)11-14-7-6-10-21-14/h4-10,13,18H,3,11-12H2,1-2H3. The molecule has 3 rings (SSSR count). The van der Waals surface area contributed by atoms with Crippen LogP contribution >= 0.6 is 0 Å². The molecule has 0 saturated carbocycles. The van der Waals surface area contributed by atoms with Gasteiger partial charge in [-0.05, 0) is 32.0 Å². The van der Waals surface area contributed by atoms with Crippen molar-refractivity contribution in [3.63, 3.8) is 0 Å². The number of aryl methyl sites for hydroxylation is 1. The van der Waals surface area contributed by atoms with Gasteiger partial charge in [0.05, 0.1) is 17.5 Å². The van der Waals surface area contributed by atoms with Crippen molar-refractivity contribution in [2.24, 2.45) is 0 Å². The Morgan fingerprint density at radius 3 is 2.86 bits per heavy atom. The van der Waals surface area contributed by atoms with Gasteiger partial charge in [-0.3, -0.25) is 4.68 Å². The fraction of sp³-hybridized carbons (Fsp3) is 0.353. The fourth-order valence-corrected chi connectivity index (χ4v) is 2.64. The zero-order valence-corrected chi connectivity index (χ0v) is 12.5. The molecule has 1 aromatic carbocycles. The van der Waals surface area contributed by atoms with Gasteiger partial charge in [-0.25, -0.2) is 0 Å². The lowest BCUT2D eigenvalue weighted by molar-refractivity contribution is 0.454. The SMILES string of the molecule is CCn1nc(CNC(C)Cc2ccco2)c2ccccc21. The van der Waals surface area contributed by atoms with Crippen LogP contribution in [0.2, 0.25) is 0 Å². The first-order chi connectivity index (χ1) is 10.3. The normalized spacial score (nSPS) is 12.9. The molecule has 0 amide bonds. The van der Waals surface area contributed by atoms with E-state index in [9.17, 15) is 0 Å². The average Bonchev–Trinajstić information content (AvgIpc) is 3.12. The number of aromatic nitrogens is 2. The zero-order valence-electron chi connectivity index (χ0n) is 12.5. The Morgan fingerprint density at radius 2 is 2.10 bits per heavy atom. The highest BCUT2D eigenvalue weighted by molar-refractivity contribution is 5.81. The van der Waals surface area contributed by atoms with Crippen LogP contribution in [0, 0.1) is 0 Å². The summed E-state index contributed by atoms with van der Waals surface area (Å²) >= 11 is 0. The van der Waals surface area contributed by atoms with E-state index in [4.69, 9.17) is 9.52 Å². The smallest absolute Gasteiger partial charge is 0.105 e. The van der Waals surface area contributed by atoms with E-state index in [1.54, 1.807) is 6.26 Å². The van der Waals surface area contributed by atoms with Gasteiger partial charge < -0.3 is 9.73 Å². The van der Waals surface area contributed by atoms with Gasteiger partial charge >= 0.3 is 0 Å². The first-order valence-corrected chi connectivity index (χ1v) is 7.48. The lowest BCUT2D eigenvalue weighted by Crippen LogP contribution is -2.27. The molecule has 1 unspecified atom stereocenters. The van der Waals surface area contributed by atoms with Crippen molar-refractivity contribution in [1.29, 1.82) is 0 Å². The van der Waals surface area contributed by atoms with Crippen LogP contribution in [0.4, 0.5) is 0 Å². The molecule has 0 bridgehead atoms. The number of fused-ring (bicyclic) bond motifs is 1. The number of furan rings is 1. The van der Waals surface area contributed by atoms with E-state index in [0.717, 1.165) is 31.0 Å². The molecule has 0 spiro atoms. The lowest BCUT2D eigenvalue weighted by atomic mass is 10.1. The highest BCUT2D eigenvalue weighted by Gasteiger charge is 2.11. The Morgan fingerprint density at radius 1 is 1.24 bits per heavy atom. The Balaban J connectivity index is 1.70. The molecule has 110 valence electrons. The molecule has 0 aliphatic rings. The van der Waals surface area contributed by atoms with Crippen molar-refractivity contribution in [3.8, 4) is 0 Å². The number of hydrogen-bond acceptors (Lipinski definition) is 3. The summed E-state index contributed by atoms with van der Waals surface area (Å²) in [4.78, 5) is 0. The Hall–Kier alpha value is -2.07. The first kappa shape index (κ1) is 13.9. The third kappa shape index (κ3) is 3.00. The summed E-state index contributed by atoms with van der Waals surface area (Å²) in [5, 5.41) is 9.47. The monoisotopic (exact) mass is 283 g/mol. The van der Waals surface area contributed by atoms with E-state index in [1.165, 1.54) is 10.9 Å². The molecular weight excluding hydrogens is 262 g/mol. The molecule has 4 heteroatoms. The van der Waals surface area contributed by atoms with Crippen LogP contribution < -0.4 is 5.32 Å². The van der Waals surface area contributed by atoms with Crippen LogP contribution in [0.25, 0.3) is 10.9 Å². The summed E-state index contributed by atoms with van der Waals surface area (Å²) in [5.41, 5.74) is 2.31. The number of hydrogen-bond donors (Lipinski definition) is 1. The maximum Gasteiger partial charge on any atom is 0.105 e. The molecule has 0 aliphatic heterocycles. The molecule has 1 atom stereocenters. The van der Waals surface area contributed by atoms with Gasteiger partial charge in [-0.1, -0.05) is 18.2 Å². The van der Waals surface area contributed by atoms with E-state index in [0.29, 0.717) is 6.04 Å². The minimum atomic E-state index is 0.349. The molecule has 0 radical (unpaired) electrons. The van der Waals surface area contributed by atoms with Crippen LogP contribution in [0.1, 0.15) is 25.3 Å². The summed E-state index contributed by atoms with van der Waals surface area (Å²) in [5.74, 6) is 1.01. The molecule has 21 heavy (non-hydrogen) atoms.